The first-order chi connectivity index (χ1) is 13.6. The molecule has 6 nitrogen and oxygen atoms in total. The SMILES string of the molecule is COC(=O)C1C(c2ccc(C(C)=O)cc2)CC2CCC1N2C(=O)OCC(Cl)(Cl)Cl. The zero-order valence-electron chi connectivity index (χ0n) is 16.1. The normalized spacial score (nSPS) is 26.2. The van der Waals surface area contributed by atoms with Crippen molar-refractivity contribution in [3.8, 4) is 0 Å². The number of ether oxygens (including phenoxy) is 2. The predicted octanol–water partition coefficient (Wildman–Crippen LogP) is 4.51. The van der Waals surface area contributed by atoms with Crippen molar-refractivity contribution in [2.75, 3.05) is 13.7 Å². The molecule has 0 spiro atoms. The summed E-state index contributed by atoms with van der Waals surface area (Å²) < 4.78 is 8.53. The quantitative estimate of drug-likeness (QED) is 0.374. The van der Waals surface area contributed by atoms with E-state index in [1.807, 2.05) is 12.1 Å². The van der Waals surface area contributed by atoms with E-state index in [9.17, 15) is 14.4 Å². The van der Waals surface area contributed by atoms with Gasteiger partial charge in [-0.15, -0.1) is 0 Å². The molecular formula is C20H22Cl3NO5. The van der Waals surface area contributed by atoms with Crippen LogP contribution in [-0.4, -0.2) is 52.3 Å². The van der Waals surface area contributed by atoms with E-state index in [4.69, 9.17) is 44.3 Å². The van der Waals surface area contributed by atoms with Crippen LogP contribution in [0.15, 0.2) is 24.3 Å². The zero-order valence-corrected chi connectivity index (χ0v) is 18.3. The Kier molecular flexibility index (Phi) is 6.66. The summed E-state index contributed by atoms with van der Waals surface area (Å²) in [7, 11) is 1.34. The summed E-state index contributed by atoms with van der Waals surface area (Å²) >= 11 is 17.0. The molecule has 9 heteroatoms. The maximum Gasteiger partial charge on any atom is 0.410 e. The third kappa shape index (κ3) is 4.81. The summed E-state index contributed by atoms with van der Waals surface area (Å²) in [6.07, 6.45) is 1.40. The molecule has 0 aromatic heterocycles. The van der Waals surface area contributed by atoms with Crippen molar-refractivity contribution < 1.29 is 23.9 Å². The molecule has 2 saturated heterocycles. The van der Waals surface area contributed by atoms with Gasteiger partial charge in [-0.2, -0.15) is 0 Å². The van der Waals surface area contributed by atoms with E-state index in [-0.39, 0.29) is 36.4 Å². The van der Waals surface area contributed by atoms with Gasteiger partial charge in [0.15, 0.2) is 5.78 Å². The minimum atomic E-state index is -1.70. The van der Waals surface area contributed by atoms with Crippen molar-refractivity contribution in [1.82, 2.24) is 4.90 Å². The Morgan fingerprint density at radius 1 is 1.14 bits per heavy atom. The van der Waals surface area contributed by atoms with Crippen LogP contribution in [0.3, 0.4) is 0 Å². The molecule has 1 aromatic rings. The molecule has 4 unspecified atom stereocenters. The van der Waals surface area contributed by atoms with E-state index in [1.54, 1.807) is 17.0 Å². The number of amides is 1. The van der Waals surface area contributed by atoms with E-state index >= 15 is 0 Å². The van der Waals surface area contributed by atoms with Gasteiger partial charge in [0, 0.05) is 23.6 Å². The predicted molar refractivity (Wildman–Crippen MR) is 110 cm³/mol. The molecule has 3 rings (SSSR count). The molecule has 2 aliphatic rings. The van der Waals surface area contributed by atoms with Crippen molar-refractivity contribution in [3.05, 3.63) is 35.4 Å². The molecule has 0 radical (unpaired) electrons. The number of fused-ring (bicyclic) bond motifs is 2. The number of hydrogen-bond acceptors (Lipinski definition) is 5. The molecule has 0 N–H and O–H groups in total. The van der Waals surface area contributed by atoms with Gasteiger partial charge in [-0.3, -0.25) is 9.59 Å². The Morgan fingerprint density at radius 3 is 2.34 bits per heavy atom. The molecular weight excluding hydrogens is 441 g/mol. The van der Waals surface area contributed by atoms with Gasteiger partial charge in [-0.05, 0) is 31.7 Å². The van der Waals surface area contributed by atoms with Crippen molar-refractivity contribution in [2.24, 2.45) is 5.92 Å². The molecule has 2 bridgehead atoms. The Morgan fingerprint density at radius 2 is 1.79 bits per heavy atom. The molecule has 0 aliphatic carbocycles. The first kappa shape index (κ1) is 22.2. The number of carbonyl (C=O) groups excluding carboxylic acids is 3. The van der Waals surface area contributed by atoms with Gasteiger partial charge < -0.3 is 14.4 Å². The van der Waals surface area contributed by atoms with Gasteiger partial charge in [-0.1, -0.05) is 59.1 Å². The second-order valence-electron chi connectivity index (χ2n) is 7.44. The van der Waals surface area contributed by atoms with Crippen LogP contribution in [0.25, 0.3) is 0 Å². The summed E-state index contributed by atoms with van der Waals surface area (Å²) in [5, 5.41) is 0. The third-order valence-electron chi connectivity index (χ3n) is 5.71. The van der Waals surface area contributed by atoms with Crippen LogP contribution in [0.2, 0.25) is 0 Å². The number of nitrogens with zero attached hydrogens (tertiary/aromatic N) is 1. The molecule has 158 valence electrons. The number of carbonyl (C=O) groups is 3. The number of Topliss-reactive ketones (excluding diaryl/α,β-unsaturated/α-hetero) is 1. The number of benzene rings is 1. The summed E-state index contributed by atoms with van der Waals surface area (Å²) in [6.45, 7) is 1.14. The first-order valence-electron chi connectivity index (χ1n) is 9.33. The Hall–Kier alpha value is -1.50. The van der Waals surface area contributed by atoms with E-state index in [0.717, 1.165) is 12.0 Å². The topological polar surface area (TPSA) is 72.9 Å². The highest BCUT2D eigenvalue weighted by Gasteiger charge is 2.53. The molecule has 1 aromatic carbocycles. The maximum atomic E-state index is 12.7. The summed E-state index contributed by atoms with van der Waals surface area (Å²) in [4.78, 5) is 38.5. The minimum absolute atomic E-state index is 0.0207. The molecule has 29 heavy (non-hydrogen) atoms. The van der Waals surface area contributed by atoms with Gasteiger partial charge in [0.2, 0.25) is 3.79 Å². The van der Waals surface area contributed by atoms with Gasteiger partial charge >= 0.3 is 12.1 Å². The molecule has 4 atom stereocenters. The lowest BCUT2D eigenvalue weighted by Crippen LogP contribution is -2.53. The van der Waals surface area contributed by atoms with Crippen LogP contribution in [0.5, 0.6) is 0 Å². The van der Waals surface area contributed by atoms with Crippen LogP contribution < -0.4 is 0 Å². The number of alkyl halides is 3. The Labute approximate surface area is 184 Å². The molecule has 2 heterocycles. The highest BCUT2D eigenvalue weighted by atomic mass is 35.6. The van der Waals surface area contributed by atoms with Gasteiger partial charge in [0.25, 0.3) is 0 Å². The van der Waals surface area contributed by atoms with Crippen LogP contribution in [0.1, 0.15) is 48.0 Å². The van der Waals surface area contributed by atoms with Gasteiger partial charge in [0.1, 0.15) is 6.61 Å². The summed E-state index contributed by atoms with van der Waals surface area (Å²) in [5.74, 6) is -1.07. The van der Waals surface area contributed by atoms with Crippen molar-refractivity contribution in [3.63, 3.8) is 0 Å². The lowest BCUT2D eigenvalue weighted by molar-refractivity contribution is -0.150. The smallest absolute Gasteiger partial charge is 0.410 e. The number of halogens is 3. The zero-order chi connectivity index (χ0) is 21.3. The minimum Gasteiger partial charge on any atom is -0.469 e. The standard InChI is InChI=1S/C20H22Cl3NO5/c1-11(25)12-3-5-13(6-4-12)15-9-14-7-8-16(17(15)18(26)28-2)24(14)19(27)29-10-20(21,22)23/h3-6,14-17H,7-10H2,1-2H3. The maximum absolute atomic E-state index is 12.7. The third-order valence-corrected chi connectivity index (χ3v) is 6.04. The van der Waals surface area contributed by atoms with Crippen molar-refractivity contribution in [1.29, 1.82) is 0 Å². The van der Waals surface area contributed by atoms with E-state index in [0.29, 0.717) is 18.4 Å². The van der Waals surface area contributed by atoms with E-state index < -0.39 is 15.8 Å². The average molecular weight is 463 g/mol. The molecule has 0 saturated carbocycles. The number of rotatable bonds is 4. The van der Waals surface area contributed by atoms with E-state index in [1.165, 1.54) is 14.0 Å². The van der Waals surface area contributed by atoms with Crippen molar-refractivity contribution in [2.45, 2.75) is 48.0 Å². The monoisotopic (exact) mass is 461 g/mol. The number of esters is 1. The highest BCUT2D eigenvalue weighted by molar-refractivity contribution is 6.67. The Bertz CT molecular complexity index is 792. The fraction of sp³-hybridized carbons (Fsp3) is 0.550. The van der Waals surface area contributed by atoms with E-state index in [2.05, 4.69) is 0 Å². The second-order valence-corrected chi connectivity index (χ2v) is 9.96. The number of hydrogen-bond donors (Lipinski definition) is 0. The molecule has 2 aliphatic heterocycles. The summed E-state index contributed by atoms with van der Waals surface area (Å²) in [6, 6.07) is 6.81. The number of ketones is 1. The molecule has 1 amide bonds. The van der Waals surface area contributed by atoms with Crippen molar-refractivity contribution >= 4 is 52.6 Å². The fourth-order valence-electron chi connectivity index (χ4n) is 4.47. The number of methoxy groups -OCH3 is 1. The van der Waals surface area contributed by atoms with Crippen LogP contribution in [-0.2, 0) is 14.3 Å². The van der Waals surface area contributed by atoms with Crippen LogP contribution >= 0.6 is 34.8 Å². The fourth-order valence-corrected chi connectivity index (χ4v) is 4.64. The molecule has 2 fully saturated rings. The average Bonchev–Trinajstić information content (AvgIpc) is 2.98. The summed E-state index contributed by atoms with van der Waals surface area (Å²) in [5.41, 5.74) is 1.55. The first-order valence-corrected chi connectivity index (χ1v) is 10.5. The van der Waals surface area contributed by atoms with Crippen LogP contribution in [0, 0.1) is 5.92 Å². The largest absolute Gasteiger partial charge is 0.469 e. The number of piperidine rings is 1. The van der Waals surface area contributed by atoms with Gasteiger partial charge in [0.05, 0.1) is 13.0 Å². The second kappa shape index (κ2) is 8.70. The lowest BCUT2D eigenvalue weighted by atomic mass is 9.76. The lowest BCUT2D eigenvalue weighted by Gasteiger charge is -2.43. The highest BCUT2D eigenvalue weighted by Crippen LogP contribution is 2.47. The van der Waals surface area contributed by atoms with Crippen LogP contribution in [0.4, 0.5) is 4.79 Å². The van der Waals surface area contributed by atoms with Gasteiger partial charge in [-0.25, -0.2) is 4.79 Å². The Balaban J connectivity index is 1.86.